The van der Waals surface area contributed by atoms with Gasteiger partial charge in [-0.05, 0) is 52.0 Å². The predicted molar refractivity (Wildman–Crippen MR) is 110 cm³/mol. The average Bonchev–Trinajstić information content (AvgIpc) is 2.58. The van der Waals surface area contributed by atoms with Gasteiger partial charge in [-0.15, -0.1) is 0 Å². The molecule has 2 aromatic carbocycles. The third kappa shape index (κ3) is 4.59. The molecule has 1 atom stereocenters. The van der Waals surface area contributed by atoms with Crippen LogP contribution < -0.4 is 10.9 Å². The highest BCUT2D eigenvalue weighted by atomic mass is 35.5. The number of benzene rings is 2. The molecule has 0 fully saturated rings. The van der Waals surface area contributed by atoms with Crippen LogP contribution in [0.3, 0.4) is 0 Å². The van der Waals surface area contributed by atoms with E-state index in [1.165, 1.54) is 6.07 Å². The standard InChI is InChI=1S/C21H20ClF2N3O3/c1-11(25-20(29)30-21(2,3)4)18-26-16-7-5-6-15(22)17(16)19(28)27(18)14-9-12(23)8-13(24)10-14/h5-11H,1-4H3,(H,25,29)/t11-/m1/s1. The maximum Gasteiger partial charge on any atom is 0.408 e. The van der Waals surface area contributed by atoms with E-state index in [9.17, 15) is 18.4 Å². The number of halogens is 3. The van der Waals surface area contributed by atoms with E-state index in [4.69, 9.17) is 16.3 Å². The fourth-order valence-corrected chi connectivity index (χ4v) is 3.21. The zero-order valence-corrected chi connectivity index (χ0v) is 17.6. The third-order valence-electron chi connectivity index (χ3n) is 4.10. The predicted octanol–water partition coefficient (Wildman–Crippen LogP) is 4.90. The number of nitrogens with zero attached hydrogens (tertiary/aromatic N) is 2. The van der Waals surface area contributed by atoms with Gasteiger partial charge in [0.25, 0.3) is 5.56 Å². The fourth-order valence-electron chi connectivity index (χ4n) is 2.96. The van der Waals surface area contributed by atoms with Crippen LogP contribution in [0.25, 0.3) is 16.6 Å². The molecule has 0 aliphatic heterocycles. The fraction of sp³-hybridized carbons (Fsp3) is 0.286. The van der Waals surface area contributed by atoms with Crippen molar-refractivity contribution in [1.82, 2.24) is 14.9 Å². The van der Waals surface area contributed by atoms with Crippen molar-refractivity contribution < 1.29 is 18.3 Å². The molecule has 3 aromatic rings. The molecule has 0 saturated carbocycles. The number of carbonyl (C=O) groups excluding carboxylic acids is 1. The van der Waals surface area contributed by atoms with Crippen LogP contribution in [0.15, 0.2) is 41.2 Å². The number of carbonyl (C=O) groups is 1. The van der Waals surface area contributed by atoms with E-state index < -0.39 is 34.9 Å². The number of amides is 1. The van der Waals surface area contributed by atoms with E-state index in [2.05, 4.69) is 10.3 Å². The highest BCUT2D eigenvalue weighted by molar-refractivity contribution is 6.35. The quantitative estimate of drug-likeness (QED) is 0.634. The summed E-state index contributed by atoms with van der Waals surface area (Å²) in [6.07, 6.45) is -0.729. The largest absolute Gasteiger partial charge is 0.444 e. The van der Waals surface area contributed by atoms with Crippen molar-refractivity contribution in [1.29, 1.82) is 0 Å². The van der Waals surface area contributed by atoms with Gasteiger partial charge in [0.15, 0.2) is 0 Å². The Morgan fingerprint density at radius 3 is 2.43 bits per heavy atom. The van der Waals surface area contributed by atoms with Crippen LogP contribution in [0, 0.1) is 11.6 Å². The Morgan fingerprint density at radius 1 is 1.20 bits per heavy atom. The topological polar surface area (TPSA) is 73.2 Å². The summed E-state index contributed by atoms with van der Waals surface area (Å²) in [5.74, 6) is -1.67. The minimum absolute atomic E-state index is 0.0608. The summed E-state index contributed by atoms with van der Waals surface area (Å²) in [6, 6.07) is 6.59. The Bertz CT molecular complexity index is 1170. The number of ether oxygens (including phenoxy) is 1. The lowest BCUT2D eigenvalue weighted by atomic mass is 10.2. The van der Waals surface area contributed by atoms with Crippen molar-refractivity contribution in [3.05, 3.63) is 69.2 Å². The summed E-state index contributed by atoms with van der Waals surface area (Å²) in [7, 11) is 0. The Morgan fingerprint density at radius 2 is 1.83 bits per heavy atom. The summed E-state index contributed by atoms with van der Waals surface area (Å²) in [6.45, 7) is 6.70. The average molecular weight is 436 g/mol. The minimum Gasteiger partial charge on any atom is -0.444 e. The maximum absolute atomic E-state index is 13.9. The van der Waals surface area contributed by atoms with Crippen molar-refractivity contribution in [2.75, 3.05) is 0 Å². The van der Waals surface area contributed by atoms with E-state index in [-0.39, 0.29) is 27.4 Å². The molecule has 0 aliphatic carbocycles. The van der Waals surface area contributed by atoms with E-state index in [1.807, 2.05) is 0 Å². The minimum atomic E-state index is -0.866. The zero-order chi connectivity index (χ0) is 22.2. The maximum atomic E-state index is 13.9. The number of hydrogen-bond acceptors (Lipinski definition) is 4. The molecule has 3 rings (SSSR count). The molecule has 0 unspecified atom stereocenters. The van der Waals surface area contributed by atoms with Crippen LogP contribution in [0.2, 0.25) is 5.02 Å². The Hall–Kier alpha value is -3.00. The van der Waals surface area contributed by atoms with Crippen molar-refractivity contribution >= 4 is 28.6 Å². The second-order valence-electron chi connectivity index (χ2n) is 7.74. The number of fused-ring (bicyclic) bond motifs is 1. The molecule has 1 heterocycles. The molecule has 1 aromatic heterocycles. The lowest BCUT2D eigenvalue weighted by Crippen LogP contribution is -2.37. The molecule has 158 valence electrons. The first-order chi connectivity index (χ1) is 14.0. The second kappa shape index (κ2) is 8.02. The SMILES string of the molecule is C[C@@H](NC(=O)OC(C)(C)C)c1nc2cccc(Cl)c2c(=O)n1-c1cc(F)cc(F)c1. The first-order valence-electron chi connectivity index (χ1n) is 9.13. The Balaban J connectivity index is 2.22. The Labute approximate surface area is 176 Å². The summed E-state index contributed by atoms with van der Waals surface area (Å²) in [5, 5.41) is 2.84. The van der Waals surface area contributed by atoms with Crippen LogP contribution in [0.1, 0.15) is 39.6 Å². The lowest BCUT2D eigenvalue weighted by Gasteiger charge is -2.23. The molecular weight excluding hydrogens is 416 g/mol. The molecule has 0 bridgehead atoms. The van der Waals surface area contributed by atoms with Crippen LogP contribution in [-0.4, -0.2) is 21.2 Å². The van der Waals surface area contributed by atoms with Crippen molar-refractivity contribution in [3.8, 4) is 5.69 Å². The number of hydrogen-bond donors (Lipinski definition) is 1. The highest BCUT2D eigenvalue weighted by Gasteiger charge is 2.23. The molecule has 0 aliphatic rings. The smallest absolute Gasteiger partial charge is 0.408 e. The molecule has 0 radical (unpaired) electrons. The first-order valence-corrected chi connectivity index (χ1v) is 9.51. The second-order valence-corrected chi connectivity index (χ2v) is 8.15. The molecule has 9 heteroatoms. The van der Waals surface area contributed by atoms with Gasteiger partial charge in [-0.25, -0.2) is 18.6 Å². The van der Waals surface area contributed by atoms with Gasteiger partial charge in [0.1, 0.15) is 23.1 Å². The van der Waals surface area contributed by atoms with Crippen molar-refractivity contribution in [2.45, 2.75) is 39.3 Å². The monoisotopic (exact) mass is 435 g/mol. The summed E-state index contributed by atoms with van der Waals surface area (Å²) >= 11 is 6.18. The number of rotatable bonds is 3. The molecule has 1 N–H and O–H groups in total. The van der Waals surface area contributed by atoms with Gasteiger partial charge in [-0.2, -0.15) is 0 Å². The lowest BCUT2D eigenvalue weighted by molar-refractivity contribution is 0.0505. The normalized spacial score (nSPS) is 12.6. The van der Waals surface area contributed by atoms with E-state index >= 15 is 0 Å². The van der Waals surface area contributed by atoms with E-state index in [0.29, 0.717) is 6.07 Å². The highest BCUT2D eigenvalue weighted by Crippen LogP contribution is 2.24. The molecule has 6 nitrogen and oxygen atoms in total. The number of alkyl carbamates (subject to hydrolysis) is 1. The Kier molecular flexibility index (Phi) is 5.81. The van der Waals surface area contributed by atoms with Crippen molar-refractivity contribution in [2.24, 2.45) is 0 Å². The van der Waals surface area contributed by atoms with Crippen LogP contribution >= 0.6 is 11.6 Å². The summed E-state index contributed by atoms with van der Waals surface area (Å²) in [4.78, 5) is 29.9. The number of aromatic nitrogens is 2. The van der Waals surface area contributed by atoms with Gasteiger partial charge < -0.3 is 10.1 Å². The molecule has 30 heavy (non-hydrogen) atoms. The van der Waals surface area contributed by atoms with Gasteiger partial charge in [0.2, 0.25) is 0 Å². The third-order valence-corrected chi connectivity index (χ3v) is 4.41. The first kappa shape index (κ1) is 21.7. The van der Waals surface area contributed by atoms with Gasteiger partial charge in [-0.1, -0.05) is 17.7 Å². The van der Waals surface area contributed by atoms with E-state index in [0.717, 1.165) is 16.7 Å². The molecular formula is C21H20ClF2N3O3. The van der Waals surface area contributed by atoms with Crippen molar-refractivity contribution in [3.63, 3.8) is 0 Å². The van der Waals surface area contributed by atoms with E-state index in [1.54, 1.807) is 39.8 Å². The van der Waals surface area contributed by atoms with Crippen LogP contribution in [0.5, 0.6) is 0 Å². The van der Waals surface area contributed by atoms with Crippen LogP contribution in [-0.2, 0) is 4.74 Å². The van der Waals surface area contributed by atoms with Gasteiger partial charge in [0.05, 0.1) is 27.7 Å². The molecule has 1 amide bonds. The zero-order valence-electron chi connectivity index (χ0n) is 16.8. The van der Waals surface area contributed by atoms with Gasteiger partial charge >= 0.3 is 6.09 Å². The number of nitrogens with one attached hydrogen (secondary N) is 1. The van der Waals surface area contributed by atoms with Gasteiger partial charge in [0, 0.05) is 6.07 Å². The molecule has 0 saturated heterocycles. The van der Waals surface area contributed by atoms with Crippen LogP contribution in [0.4, 0.5) is 13.6 Å². The summed E-state index contributed by atoms with van der Waals surface area (Å²) in [5.41, 5.74) is -1.16. The summed E-state index contributed by atoms with van der Waals surface area (Å²) < 4.78 is 34.0. The molecule has 0 spiro atoms. The van der Waals surface area contributed by atoms with Gasteiger partial charge in [-0.3, -0.25) is 9.36 Å².